The Bertz CT molecular complexity index is 145. The Balaban J connectivity index is 0. The molecule has 1 aromatic rings. The van der Waals surface area contributed by atoms with Gasteiger partial charge in [-0.3, -0.25) is 0 Å². The maximum atomic E-state index is 3.87. The van der Waals surface area contributed by atoms with Crippen LogP contribution in [0.5, 0.6) is 0 Å². The molecule has 0 aromatic carbocycles. The third-order valence-corrected chi connectivity index (χ3v) is 0.695. The molecule has 0 N–H and O–H groups in total. The Morgan fingerprint density at radius 3 is 2.12 bits per heavy atom. The van der Waals surface area contributed by atoms with Crippen LogP contribution in [0.2, 0.25) is 0 Å². The van der Waals surface area contributed by atoms with Crippen molar-refractivity contribution in [1.29, 1.82) is 0 Å². The van der Waals surface area contributed by atoms with E-state index in [1.165, 1.54) is 0 Å². The van der Waals surface area contributed by atoms with Crippen LogP contribution < -0.4 is 18.9 Å². The van der Waals surface area contributed by atoms with Crippen molar-refractivity contribution in [3.63, 3.8) is 0 Å². The molecule has 0 atom stereocenters. The molecule has 3 heteroatoms. The maximum Gasteiger partial charge on any atom is 1.00 e. The first-order valence-corrected chi connectivity index (χ1v) is 2.13. The van der Waals surface area contributed by atoms with Crippen LogP contribution in [-0.2, 0) is 0 Å². The largest absolute Gasteiger partial charge is 1.00 e. The summed E-state index contributed by atoms with van der Waals surface area (Å²) in [6.45, 7) is 1.86. The van der Waals surface area contributed by atoms with Crippen molar-refractivity contribution >= 4 is 0 Å². The topological polar surface area (TPSA) is 25.8 Å². The van der Waals surface area contributed by atoms with Crippen LogP contribution in [0.15, 0.2) is 18.5 Å². The smallest absolute Gasteiger partial charge is 1.00 e. The minimum absolute atomic E-state index is 0. The Hall–Kier alpha value is -0.323. The SMILES string of the molecule is Cc1ncccn1.[H-].[Li+]. The molecule has 0 aliphatic carbocycles. The maximum absolute atomic E-state index is 3.87. The van der Waals surface area contributed by atoms with Crippen molar-refractivity contribution < 1.29 is 20.3 Å². The fourth-order valence-electron chi connectivity index (χ4n) is 0.374. The molecule has 0 saturated heterocycles. The van der Waals surface area contributed by atoms with Gasteiger partial charge in [0.15, 0.2) is 0 Å². The summed E-state index contributed by atoms with van der Waals surface area (Å²) in [7, 11) is 0. The van der Waals surface area contributed by atoms with E-state index in [9.17, 15) is 0 Å². The summed E-state index contributed by atoms with van der Waals surface area (Å²) in [6.07, 6.45) is 3.45. The third kappa shape index (κ3) is 2.11. The Morgan fingerprint density at radius 1 is 1.38 bits per heavy atom. The molecule has 0 unspecified atom stereocenters. The monoisotopic (exact) mass is 102 g/mol. The number of aryl methyl sites for hydroxylation is 1. The molecule has 0 radical (unpaired) electrons. The van der Waals surface area contributed by atoms with Gasteiger partial charge >= 0.3 is 18.9 Å². The number of aromatic nitrogens is 2. The molecule has 2 nitrogen and oxygen atoms in total. The molecular weight excluding hydrogens is 95.0 g/mol. The van der Waals surface area contributed by atoms with Gasteiger partial charge in [-0.25, -0.2) is 9.97 Å². The van der Waals surface area contributed by atoms with Crippen molar-refractivity contribution in [2.75, 3.05) is 0 Å². The molecule has 0 aliphatic heterocycles. The molecule has 0 amide bonds. The normalized spacial score (nSPS) is 7.62. The van der Waals surface area contributed by atoms with Gasteiger partial charge in [-0.1, -0.05) is 0 Å². The van der Waals surface area contributed by atoms with Gasteiger partial charge in [0.2, 0.25) is 0 Å². The fraction of sp³-hybridized carbons (Fsp3) is 0.200. The van der Waals surface area contributed by atoms with Gasteiger partial charge in [0, 0.05) is 12.4 Å². The molecule has 0 spiro atoms. The van der Waals surface area contributed by atoms with Crippen LogP contribution in [0.25, 0.3) is 0 Å². The van der Waals surface area contributed by atoms with Gasteiger partial charge in [-0.05, 0) is 13.0 Å². The summed E-state index contributed by atoms with van der Waals surface area (Å²) < 4.78 is 0. The Kier molecular flexibility index (Phi) is 3.50. The zero-order chi connectivity index (χ0) is 5.11. The first-order valence-electron chi connectivity index (χ1n) is 2.13. The molecule has 0 fully saturated rings. The van der Waals surface area contributed by atoms with E-state index in [0.29, 0.717) is 0 Å². The van der Waals surface area contributed by atoms with Crippen molar-refractivity contribution in [2.24, 2.45) is 0 Å². The summed E-state index contributed by atoms with van der Waals surface area (Å²) in [5.74, 6) is 0.822. The van der Waals surface area contributed by atoms with Gasteiger partial charge in [0.1, 0.15) is 5.82 Å². The van der Waals surface area contributed by atoms with Crippen molar-refractivity contribution in [1.82, 2.24) is 9.97 Å². The van der Waals surface area contributed by atoms with Gasteiger partial charge in [0.25, 0.3) is 0 Å². The van der Waals surface area contributed by atoms with E-state index in [4.69, 9.17) is 0 Å². The average molecular weight is 102 g/mol. The predicted octanol–water partition coefficient (Wildman–Crippen LogP) is -2.10. The molecule has 8 heavy (non-hydrogen) atoms. The second-order valence-electron chi connectivity index (χ2n) is 1.30. The summed E-state index contributed by atoms with van der Waals surface area (Å²) in [5.41, 5.74) is 0. The molecule has 38 valence electrons. The molecular formula is C5H7LiN2. The molecule has 0 saturated carbocycles. The van der Waals surface area contributed by atoms with E-state index < -0.39 is 0 Å². The summed E-state index contributed by atoms with van der Waals surface area (Å²) in [5, 5.41) is 0. The standard InChI is InChI=1S/C5H6N2.Li.H/c1-5-6-3-2-4-7-5;;/h2-4H,1H3;;/q;+1;-1. The summed E-state index contributed by atoms with van der Waals surface area (Å²) in [6, 6.07) is 1.80. The van der Waals surface area contributed by atoms with Crippen molar-refractivity contribution in [3.8, 4) is 0 Å². The molecule has 0 aliphatic rings. The van der Waals surface area contributed by atoms with E-state index in [1.807, 2.05) is 6.92 Å². The second-order valence-corrected chi connectivity index (χ2v) is 1.30. The molecule has 1 rings (SSSR count). The second kappa shape index (κ2) is 3.65. The molecule has 1 heterocycles. The fourth-order valence-corrected chi connectivity index (χ4v) is 0.374. The van der Waals surface area contributed by atoms with E-state index in [-0.39, 0.29) is 20.3 Å². The minimum Gasteiger partial charge on any atom is -1.00 e. The zero-order valence-electron chi connectivity index (χ0n) is 6.13. The van der Waals surface area contributed by atoms with Crippen LogP contribution >= 0.6 is 0 Å². The summed E-state index contributed by atoms with van der Waals surface area (Å²) >= 11 is 0. The quantitative estimate of drug-likeness (QED) is 0.351. The zero-order valence-corrected chi connectivity index (χ0v) is 5.13. The number of rotatable bonds is 0. The van der Waals surface area contributed by atoms with Crippen molar-refractivity contribution in [3.05, 3.63) is 24.3 Å². The van der Waals surface area contributed by atoms with E-state index >= 15 is 0 Å². The first kappa shape index (κ1) is 7.68. The van der Waals surface area contributed by atoms with Crippen LogP contribution in [-0.4, -0.2) is 9.97 Å². The molecule has 0 bridgehead atoms. The van der Waals surface area contributed by atoms with Crippen LogP contribution in [0.3, 0.4) is 0 Å². The summed E-state index contributed by atoms with van der Waals surface area (Å²) in [4.78, 5) is 7.74. The van der Waals surface area contributed by atoms with Crippen LogP contribution in [0, 0.1) is 6.92 Å². The van der Waals surface area contributed by atoms with E-state index in [1.54, 1.807) is 18.5 Å². The van der Waals surface area contributed by atoms with Gasteiger partial charge in [-0.2, -0.15) is 0 Å². The van der Waals surface area contributed by atoms with Gasteiger partial charge < -0.3 is 1.43 Å². The van der Waals surface area contributed by atoms with Gasteiger partial charge in [0.05, 0.1) is 0 Å². The minimum atomic E-state index is 0. The van der Waals surface area contributed by atoms with E-state index in [2.05, 4.69) is 9.97 Å². The predicted molar refractivity (Wildman–Crippen MR) is 27.9 cm³/mol. The Morgan fingerprint density at radius 2 is 1.88 bits per heavy atom. The average Bonchev–Trinajstić information content (AvgIpc) is 1.69. The number of hydrogen-bond acceptors (Lipinski definition) is 2. The molecule has 1 aromatic heterocycles. The third-order valence-electron chi connectivity index (χ3n) is 0.695. The Labute approximate surface area is 62.0 Å². The van der Waals surface area contributed by atoms with Crippen LogP contribution in [0.1, 0.15) is 7.25 Å². The van der Waals surface area contributed by atoms with Crippen molar-refractivity contribution in [2.45, 2.75) is 6.92 Å². The van der Waals surface area contributed by atoms with E-state index in [0.717, 1.165) is 5.82 Å². The first-order chi connectivity index (χ1) is 3.39. The van der Waals surface area contributed by atoms with Gasteiger partial charge in [-0.15, -0.1) is 0 Å². The number of hydrogen-bond donors (Lipinski definition) is 0. The van der Waals surface area contributed by atoms with Crippen LogP contribution in [0.4, 0.5) is 0 Å². The number of nitrogens with zero attached hydrogens (tertiary/aromatic N) is 2.